The zero-order valence-electron chi connectivity index (χ0n) is 9.65. The lowest BCUT2D eigenvalue weighted by Gasteiger charge is -2.20. The van der Waals surface area contributed by atoms with Crippen molar-refractivity contribution in [1.82, 2.24) is 20.5 Å². The smallest absolute Gasteiger partial charge is 0.121 e. The van der Waals surface area contributed by atoms with E-state index in [1.165, 1.54) is 32.4 Å². The van der Waals surface area contributed by atoms with E-state index in [1.807, 2.05) is 6.92 Å². The van der Waals surface area contributed by atoms with Crippen molar-refractivity contribution in [2.75, 3.05) is 13.1 Å². The van der Waals surface area contributed by atoms with Crippen molar-refractivity contribution >= 4 is 0 Å². The lowest BCUT2D eigenvalue weighted by Crippen LogP contribution is -2.38. The molecule has 0 saturated carbocycles. The van der Waals surface area contributed by atoms with Crippen LogP contribution in [0.25, 0.3) is 0 Å². The third-order valence-electron chi connectivity index (χ3n) is 3.88. The minimum atomic E-state index is 0.624. The minimum absolute atomic E-state index is 0.624. The largest absolute Gasteiger partial charge is 0.307 e. The third-order valence-corrected chi connectivity index (χ3v) is 3.88. The van der Waals surface area contributed by atoms with Gasteiger partial charge in [0.05, 0.1) is 0 Å². The maximum atomic E-state index is 4.70. The summed E-state index contributed by atoms with van der Waals surface area (Å²) >= 11 is 0. The topological polar surface area (TPSA) is 54.2 Å². The van der Waals surface area contributed by atoms with Crippen molar-refractivity contribution in [3.8, 4) is 0 Å². The summed E-state index contributed by atoms with van der Waals surface area (Å²) in [7, 11) is 0. The van der Waals surface area contributed by atoms with E-state index in [-0.39, 0.29) is 0 Å². The Kier molecular flexibility index (Phi) is 2.65. The number of nitrogens with zero attached hydrogens (tertiary/aromatic N) is 3. The summed E-state index contributed by atoms with van der Waals surface area (Å²) in [5, 5.41) is 11.3. The van der Waals surface area contributed by atoms with Gasteiger partial charge in [0.15, 0.2) is 0 Å². The number of fused-ring (bicyclic) bond motifs is 1. The lowest BCUT2D eigenvalue weighted by atomic mass is 10.1. The van der Waals surface area contributed by atoms with E-state index in [0.717, 1.165) is 24.0 Å². The molecule has 2 aliphatic heterocycles. The van der Waals surface area contributed by atoms with Crippen molar-refractivity contribution < 1.29 is 4.63 Å². The van der Waals surface area contributed by atoms with Gasteiger partial charge in [0, 0.05) is 25.2 Å². The standard InChI is InChI=1S/C11H18N4O/c1-8-10(14-16-13-8)7-12-9-4-6-15-5-2-3-11(9)15/h9,11-12H,2-7H2,1H3. The molecule has 3 rings (SSSR count). The van der Waals surface area contributed by atoms with Crippen LogP contribution >= 0.6 is 0 Å². The second kappa shape index (κ2) is 4.14. The molecule has 16 heavy (non-hydrogen) atoms. The van der Waals surface area contributed by atoms with E-state index in [4.69, 9.17) is 4.63 Å². The van der Waals surface area contributed by atoms with Gasteiger partial charge in [-0.25, -0.2) is 4.63 Å². The van der Waals surface area contributed by atoms with E-state index >= 15 is 0 Å². The van der Waals surface area contributed by atoms with Crippen LogP contribution < -0.4 is 5.32 Å². The second-order valence-corrected chi connectivity index (χ2v) is 4.82. The van der Waals surface area contributed by atoms with Crippen LogP contribution in [-0.2, 0) is 6.54 Å². The molecule has 5 heteroatoms. The molecule has 2 atom stereocenters. The van der Waals surface area contributed by atoms with Gasteiger partial charge in [-0.15, -0.1) is 0 Å². The highest BCUT2D eigenvalue weighted by molar-refractivity contribution is 5.05. The van der Waals surface area contributed by atoms with Crippen molar-refractivity contribution in [2.24, 2.45) is 0 Å². The Morgan fingerprint density at radius 2 is 2.31 bits per heavy atom. The van der Waals surface area contributed by atoms with Crippen LogP contribution in [0, 0.1) is 6.92 Å². The molecule has 0 spiro atoms. The van der Waals surface area contributed by atoms with Crippen LogP contribution in [0.1, 0.15) is 30.7 Å². The van der Waals surface area contributed by atoms with E-state index in [0.29, 0.717) is 6.04 Å². The van der Waals surface area contributed by atoms with Crippen LogP contribution in [0.4, 0.5) is 0 Å². The summed E-state index contributed by atoms with van der Waals surface area (Å²) in [5.74, 6) is 0. The maximum Gasteiger partial charge on any atom is 0.121 e. The molecule has 0 aliphatic carbocycles. The summed E-state index contributed by atoms with van der Waals surface area (Å²) in [6, 6.07) is 1.37. The summed E-state index contributed by atoms with van der Waals surface area (Å²) < 4.78 is 4.70. The summed E-state index contributed by atoms with van der Waals surface area (Å²) in [6.45, 7) is 5.25. The van der Waals surface area contributed by atoms with Gasteiger partial charge in [-0.05, 0) is 32.7 Å². The predicted molar refractivity (Wildman–Crippen MR) is 58.9 cm³/mol. The zero-order chi connectivity index (χ0) is 11.0. The second-order valence-electron chi connectivity index (χ2n) is 4.82. The Balaban J connectivity index is 1.58. The van der Waals surface area contributed by atoms with Gasteiger partial charge in [-0.2, -0.15) is 0 Å². The Labute approximate surface area is 95.2 Å². The molecule has 2 unspecified atom stereocenters. The van der Waals surface area contributed by atoms with E-state index in [9.17, 15) is 0 Å². The molecule has 5 nitrogen and oxygen atoms in total. The Bertz CT molecular complexity index is 365. The number of nitrogens with one attached hydrogen (secondary N) is 1. The first kappa shape index (κ1) is 10.2. The Morgan fingerprint density at radius 3 is 3.12 bits per heavy atom. The zero-order valence-corrected chi connectivity index (χ0v) is 9.65. The van der Waals surface area contributed by atoms with Gasteiger partial charge in [0.2, 0.25) is 0 Å². The van der Waals surface area contributed by atoms with Crippen LogP contribution in [-0.4, -0.2) is 40.4 Å². The number of hydrogen-bond donors (Lipinski definition) is 1. The summed E-state index contributed by atoms with van der Waals surface area (Å²) in [5.41, 5.74) is 1.84. The van der Waals surface area contributed by atoms with Crippen LogP contribution in [0.15, 0.2) is 4.63 Å². The van der Waals surface area contributed by atoms with E-state index in [1.54, 1.807) is 0 Å². The van der Waals surface area contributed by atoms with Gasteiger partial charge < -0.3 is 5.32 Å². The summed E-state index contributed by atoms with van der Waals surface area (Å²) in [6.07, 6.45) is 3.95. The summed E-state index contributed by atoms with van der Waals surface area (Å²) in [4.78, 5) is 2.60. The molecule has 88 valence electrons. The average Bonchev–Trinajstić information content (AvgIpc) is 2.92. The normalized spacial score (nSPS) is 29.8. The van der Waals surface area contributed by atoms with Crippen molar-refractivity contribution in [1.29, 1.82) is 0 Å². The fourth-order valence-electron chi connectivity index (χ4n) is 2.96. The Hall–Kier alpha value is -0.940. The van der Waals surface area contributed by atoms with Gasteiger partial charge in [-0.3, -0.25) is 4.90 Å². The molecular weight excluding hydrogens is 204 g/mol. The van der Waals surface area contributed by atoms with Crippen molar-refractivity contribution in [3.63, 3.8) is 0 Å². The highest BCUT2D eigenvalue weighted by Gasteiger charge is 2.36. The first-order valence-corrected chi connectivity index (χ1v) is 6.10. The average molecular weight is 222 g/mol. The third kappa shape index (κ3) is 1.74. The first-order valence-electron chi connectivity index (χ1n) is 6.10. The fourth-order valence-corrected chi connectivity index (χ4v) is 2.96. The minimum Gasteiger partial charge on any atom is -0.307 e. The molecule has 3 heterocycles. The molecule has 1 aromatic rings. The highest BCUT2D eigenvalue weighted by atomic mass is 16.6. The fraction of sp³-hybridized carbons (Fsp3) is 0.818. The quantitative estimate of drug-likeness (QED) is 0.816. The van der Waals surface area contributed by atoms with E-state index in [2.05, 4.69) is 20.5 Å². The predicted octanol–water partition coefficient (Wildman–Crippen LogP) is 0.704. The molecule has 1 N–H and O–H groups in total. The molecule has 0 aromatic carbocycles. The van der Waals surface area contributed by atoms with Gasteiger partial charge in [0.1, 0.15) is 11.4 Å². The number of rotatable bonds is 3. The SMILES string of the molecule is Cc1nonc1CNC1CCN2CCCC12. The Morgan fingerprint density at radius 1 is 1.38 bits per heavy atom. The van der Waals surface area contributed by atoms with Gasteiger partial charge in [0.25, 0.3) is 0 Å². The van der Waals surface area contributed by atoms with Crippen molar-refractivity contribution in [3.05, 3.63) is 11.4 Å². The molecule has 0 radical (unpaired) electrons. The molecule has 2 aliphatic rings. The molecule has 1 aromatic heterocycles. The monoisotopic (exact) mass is 222 g/mol. The molecule has 0 bridgehead atoms. The van der Waals surface area contributed by atoms with Crippen molar-refractivity contribution in [2.45, 2.75) is 44.8 Å². The number of aromatic nitrogens is 2. The van der Waals surface area contributed by atoms with Crippen LogP contribution in [0.3, 0.4) is 0 Å². The highest BCUT2D eigenvalue weighted by Crippen LogP contribution is 2.27. The molecule has 2 fully saturated rings. The van der Waals surface area contributed by atoms with E-state index < -0.39 is 0 Å². The molecule has 0 amide bonds. The first-order chi connectivity index (χ1) is 7.84. The van der Waals surface area contributed by atoms with Crippen LogP contribution in [0.2, 0.25) is 0 Å². The van der Waals surface area contributed by atoms with Crippen LogP contribution in [0.5, 0.6) is 0 Å². The van der Waals surface area contributed by atoms with Gasteiger partial charge in [-0.1, -0.05) is 10.3 Å². The molecule has 2 saturated heterocycles. The lowest BCUT2D eigenvalue weighted by molar-refractivity contribution is 0.290. The van der Waals surface area contributed by atoms with Gasteiger partial charge >= 0.3 is 0 Å². The maximum absolute atomic E-state index is 4.70. The molecular formula is C11H18N4O. The number of aryl methyl sites for hydroxylation is 1. The number of hydrogen-bond acceptors (Lipinski definition) is 5.